The Bertz CT molecular complexity index is 566. The molecule has 1 rings (SSSR count). The summed E-state index contributed by atoms with van der Waals surface area (Å²) in [4.78, 5) is 12.5. The summed E-state index contributed by atoms with van der Waals surface area (Å²) in [6.07, 6.45) is -11.2. The van der Waals surface area contributed by atoms with Gasteiger partial charge in [-0.15, -0.1) is 13.2 Å². The number of nitrogens with zero attached hydrogens (tertiary/aromatic N) is 1. The van der Waals surface area contributed by atoms with Gasteiger partial charge < -0.3 is 9.72 Å². The van der Waals surface area contributed by atoms with Crippen molar-refractivity contribution in [2.24, 2.45) is 0 Å². The van der Waals surface area contributed by atoms with Crippen molar-refractivity contribution in [1.82, 2.24) is 4.98 Å². The fraction of sp³-hybridized carbons (Fsp3) is 0.333. The number of hydrogen-bond acceptors (Lipinski definition) is 3. The van der Waals surface area contributed by atoms with Crippen molar-refractivity contribution in [3.05, 3.63) is 27.7 Å². The molecule has 1 aromatic rings. The lowest BCUT2D eigenvalue weighted by molar-refractivity contribution is -0.275. The topological polar surface area (TPSA) is 65.9 Å². The quantitative estimate of drug-likeness (QED) is 0.849. The second-order valence-electron chi connectivity index (χ2n) is 3.22. The van der Waals surface area contributed by atoms with Crippen molar-refractivity contribution in [1.29, 1.82) is 5.26 Å². The standard InChI is InChI=1S/C9H4F6N2O2/c10-8(11,12)6-4(1-2-16)5(3-17-7(6)18)19-9(13,14)15/h3H,1H2,(H,17,18). The molecule has 0 unspecified atom stereocenters. The lowest BCUT2D eigenvalue weighted by Crippen LogP contribution is -2.26. The van der Waals surface area contributed by atoms with Crippen molar-refractivity contribution in [3.63, 3.8) is 0 Å². The second-order valence-corrected chi connectivity index (χ2v) is 3.22. The minimum atomic E-state index is -5.24. The molecule has 0 aliphatic rings. The summed E-state index contributed by atoms with van der Waals surface area (Å²) >= 11 is 0. The molecule has 0 aliphatic heterocycles. The number of rotatable bonds is 2. The maximum absolute atomic E-state index is 12.6. The first-order valence-electron chi connectivity index (χ1n) is 4.50. The molecular weight excluding hydrogens is 282 g/mol. The van der Waals surface area contributed by atoms with Crippen LogP contribution in [-0.2, 0) is 12.6 Å². The van der Waals surface area contributed by atoms with Crippen LogP contribution in [0.25, 0.3) is 0 Å². The molecule has 0 aromatic carbocycles. The number of alkyl halides is 6. The minimum Gasteiger partial charge on any atom is -0.404 e. The van der Waals surface area contributed by atoms with Gasteiger partial charge in [0.2, 0.25) is 0 Å². The van der Waals surface area contributed by atoms with Crippen LogP contribution in [0.4, 0.5) is 26.3 Å². The lowest BCUT2D eigenvalue weighted by Gasteiger charge is -2.15. The SMILES string of the molecule is N#CCc1c(OC(F)(F)F)c[nH]c(=O)c1C(F)(F)F. The van der Waals surface area contributed by atoms with Crippen LogP contribution < -0.4 is 10.3 Å². The fourth-order valence-corrected chi connectivity index (χ4v) is 1.32. The van der Waals surface area contributed by atoms with Crippen LogP contribution in [0.5, 0.6) is 5.75 Å². The molecule has 0 radical (unpaired) electrons. The van der Waals surface area contributed by atoms with Gasteiger partial charge in [-0.1, -0.05) is 0 Å². The van der Waals surface area contributed by atoms with Crippen LogP contribution in [0.2, 0.25) is 0 Å². The number of aromatic nitrogens is 1. The predicted molar refractivity (Wildman–Crippen MR) is 48.1 cm³/mol. The molecular formula is C9H4F6N2O2. The Hall–Kier alpha value is -2.18. The van der Waals surface area contributed by atoms with Crippen molar-refractivity contribution in [2.75, 3.05) is 0 Å². The number of pyridine rings is 1. The number of nitrogens with one attached hydrogen (secondary N) is 1. The Morgan fingerprint density at radius 2 is 1.84 bits per heavy atom. The summed E-state index contributed by atoms with van der Waals surface area (Å²) < 4.78 is 77.1. The van der Waals surface area contributed by atoms with Gasteiger partial charge in [0, 0.05) is 11.8 Å². The molecule has 0 saturated carbocycles. The highest BCUT2D eigenvalue weighted by Gasteiger charge is 2.40. The molecule has 0 bridgehead atoms. The van der Waals surface area contributed by atoms with E-state index in [2.05, 4.69) is 4.74 Å². The summed E-state index contributed by atoms with van der Waals surface area (Å²) in [5.74, 6) is -1.26. The molecule has 0 fully saturated rings. The summed E-state index contributed by atoms with van der Waals surface area (Å²) in [5.41, 5.74) is -4.68. The minimum absolute atomic E-state index is 0.331. The van der Waals surface area contributed by atoms with E-state index >= 15 is 0 Å². The van der Waals surface area contributed by atoms with E-state index in [1.54, 1.807) is 0 Å². The van der Waals surface area contributed by atoms with Crippen molar-refractivity contribution in [2.45, 2.75) is 19.0 Å². The van der Waals surface area contributed by atoms with Gasteiger partial charge in [-0.2, -0.15) is 18.4 Å². The van der Waals surface area contributed by atoms with Gasteiger partial charge >= 0.3 is 12.5 Å². The maximum Gasteiger partial charge on any atom is 0.573 e. The molecule has 0 atom stereocenters. The summed E-state index contributed by atoms with van der Waals surface area (Å²) in [5, 5.41) is 8.36. The monoisotopic (exact) mass is 286 g/mol. The van der Waals surface area contributed by atoms with Gasteiger partial charge in [-0.3, -0.25) is 4.79 Å². The van der Waals surface area contributed by atoms with Crippen molar-refractivity contribution >= 4 is 0 Å². The number of hydrogen-bond donors (Lipinski definition) is 1. The number of halogens is 6. The molecule has 10 heteroatoms. The van der Waals surface area contributed by atoms with E-state index in [1.165, 1.54) is 11.1 Å². The Balaban J connectivity index is 3.51. The van der Waals surface area contributed by atoms with Gasteiger partial charge in [0.05, 0.1) is 12.5 Å². The molecule has 1 aromatic heterocycles. The third-order valence-corrected chi connectivity index (χ3v) is 1.93. The Kier molecular flexibility index (Phi) is 3.78. The van der Waals surface area contributed by atoms with Crippen LogP contribution in [0, 0.1) is 11.3 Å². The first-order valence-corrected chi connectivity index (χ1v) is 4.50. The van der Waals surface area contributed by atoms with Gasteiger partial charge in [-0.25, -0.2) is 0 Å². The average molecular weight is 286 g/mol. The van der Waals surface area contributed by atoms with Gasteiger partial charge in [0.1, 0.15) is 5.56 Å². The fourth-order valence-electron chi connectivity index (χ4n) is 1.32. The number of aromatic amines is 1. The zero-order chi connectivity index (χ0) is 14.8. The lowest BCUT2D eigenvalue weighted by atomic mass is 10.1. The molecule has 1 heterocycles. The van der Waals surface area contributed by atoms with Gasteiger partial charge in [0.15, 0.2) is 5.75 Å². The highest BCUT2D eigenvalue weighted by Crippen LogP contribution is 2.35. The molecule has 104 valence electrons. The van der Waals surface area contributed by atoms with E-state index in [1.807, 2.05) is 0 Å². The molecule has 1 N–H and O–H groups in total. The van der Waals surface area contributed by atoms with Crippen LogP contribution >= 0.6 is 0 Å². The number of ether oxygens (including phenoxy) is 1. The number of nitriles is 1. The van der Waals surface area contributed by atoms with Gasteiger partial charge in [-0.05, 0) is 0 Å². The van der Waals surface area contributed by atoms with E-state index in [0.29, 0.717) is 6.20 Å². The Morgan fingerprint density at radius 3 is 2.26 bits per heavy atom. The maximum atomic E-state index is 12.6. The third-order valence-electron chi connectivity index (χ3n) is 1.93. The van der Waals surface area contributed by atoms with Crippen LogP contribution in [0.15, 0.2) is 11.0 Å². The van der Waals surface area contributed by atoms with Crippen LogP contribution in [0.3, 0.4) is 0 Å². The zero-order valence-corrected chi connectivity index (χ0v) is 8.82. The van der Waals surface area contributed by atoms with E-state index < -0.39 is 41.4 Å². The molecule has 0 amide bonds. The summed E-state index contributed by atoms with van der Waals surface area (Å²) in [6, 6.07) is 1.25. The second kappa shape index (κ2) is 4.83. The Morgan fingerprint density at radius 1 is 1.26 bits per heavy atom. The molecule has 4 nitrogen and oxygen atoms in total. The molecule has 0 aliphatic carbocycles. The van der Waals surface area contributed by atoms with Gasteiger partial charge in [0.25, 0.3) is 5.56 Å². The Labute approximate surface area is 101 Å². The van der Waals surface area contributed by atoms with E-state index in [4.69, 9.17) is 5.26 Å². The van der Waals surface area contributed by atoms with Crippen molar-refractivity contribution < 1.29 is 31.1 Å². The van der Waals surface area contributed by atoms with Crippen molar-refractivity contribution in [3.8, 4) is 11.8 Å². The molecule has 0 saturated heterocycles. The average Bonchev–Trinajstić information content (AvgIpc) is 2.19. The zero-order valence-electron chi connectivity index (χ0n) is 8.82. The third kappa shape index (κ3) is 3.64. The first-order chi connectivity index (χ1) is 8.56. The van der Waals surface area contributed by atoms with E-state index in [0.717, 1.165) is 0 Å². The molecule has 0 spiro atoms. The predicted octanol–water partition coefficient (Wildman–Crippen LogP) is 2.36. The largest absolute Gasteiger partial charge is 0.573 e. The van der Waals surface area contributed by atoms with Crippen LogP contribution in [0.1, 0.15) is 11.1 Å². The first kappa shape index (κ1) is 14.9. The summed E-state index contributed by atoms with van der Waals surface area (Å²) in [6.45, 7) is 0. The number of H-pyrrole nitrogens is 1. The van der Waals surface area contributed by atoms with E-state index in [9.17, 15) is 31.1 Å². The smallest absolute Gasteiger partial charge is 0.404 e. The molecule has 19 heavy (non-hydrogen) atoms. The van der Waals surface area contributed by atoms with E-state index in [-0.39, 0.29) is 0 Å². The summed E-state index contributed by atoms with van der Waals surface area (Å²) in [7, 11) is 0. The highest BCUT2D eigenvalue weighted by molar-refractivity contribution is 5.40. The highest BCUT2D eigenvalue weighted by atomic mass is 19.4. The van der Waals surface area contributed by atoms with Crippen LogP contribution in [-0.4, -0.2) is 11.3 Å². The normalized spacial score (nSPS) is 12.1.